The van der Waals surface area contributed by atoms with E-state index in [1.165, 1.54) is 0 Å². The fourth-order valence-corrected chi connectivity index (χ4v) is 8.33. The summed E-state index contributed by atoms with van der Waals surface area (Å²) in [5.41, 5.74) is 2.01. The summed E-state index contributed by atoms with van der Waals surface area (Å²) in [6.45, 7) is 14.8. The molecule has 0 saturated carbocycles. The van der Waals surface area contributed by atoms with Gasteiger partial charge in [-0.15, -0.1) is 0 Å². The number of hydrogen-bond acceptors (Lipinski definition) is 3. The van der Waals surface area contributed by atoms with Crippen LogP contribution in [0, 0.1) is 0 Å². The highest BCUT2D eigenvalue weighted by atomic mass is 28.4. The normalized spacial score (nSPS) is 13.9. The molecule has 0 rings (SSSR count). The molecule has 0 aromatic heterocycles. The zero-order valence-electron chi connectivity index (χ0n) is 12.9. The largest absolute Gasteiger partial charge is 0.475 e. The summed E-state index contributed by atoms with van der Waals surface area (Å²) in [4.78, 5) is 0. The molecule has 0 heterocycles. The number of allylic oxidation sites excluding steroid dienone is 1. The van der Waals surface area contributed by atoms with Crippen molar-refractivity contribution in [3.05, 3.63) is 11.5 Å². The first kappa shape index (κ1) is 17.9. The fourth-order valence-electron chi connectivity index (χ4n) is 2.94. The van der Waals surface area contributed by atoms with E-state index < -0.39 is 15.4 Å². The Morgan fingerprint density at radius 2 is 1.50 bits per heavy atom. The van der Waals surface area contributed by atoms with Gasteiger partial charge < -0.3 is 14.5 Å². The lowest BCUT2D eigenvalue weighted by Crippen LogP contribution is -2.51. The van der Waals surface area contributed by atoms with Crippen LogP contribution in [0.4, 0.5) is 0 Å². The van der Waals surface area contributed by atoms with Crippen LogP contribution in [0.15, 0.2) is 11.5 Å². The number of rotatable bonds is 7. The topological polar surface area (TPSA) is 49.7 Å². The van der Waals surface area contributed by atoms with Crippen LogP contribution in [0.5, 0.6) is 0 Å². The molecule has 0 atom stereocenters. The molecule has 18 heavy (non-hydrogen) atoms. The predicted octanol–water partition coefficient (Wildman–Crippen LogP) is 3.14. The number of hydrogen-bond donors (Lipinski definition) is 2. The number of aliphatic hydroxyl groups excluding tert-OH is 1. The molecular weight excluding hydrogens is 243 g/mol. The molecule has 0 bridgehead atoms. The Balaban J connectivity index is 5.18. The summed E-state index contributed by atoms with van der Waals surface area (Å²) in [6.07, 6.45) is 1.60. The molecule has 0 radical (unpaired) electrons. The lowest BCUT2D eigenvalue weighted by atomic mass is 9.80. The Hall–Kier alpha value is -0.0982. The molecule has 106 valence electrons. The van der Waals surface area contributed by atoms with Gasteiger partial charge in [0.1, 0.15) is 0 Å². The molecule has 0 unspecified atom stereocenters. The molecule has 0 aromatic rings. The zero-order valence-corrected chi connectivity index (χ0v) is 13.9. The van der Waals surface area contributed by atoms with Crippen molar-refractivity contribution in [2.75, 3.05) is 6.61 Å². The highest BCUT2D eigenvalue weighted by molar-refractivity contribution is 6.83. The van der Waals surface area contributed by atoms with Crippen molar-refractivity contribution < 1.29 is 14.5 Å². The second-order valence-corrected chi connectivity index (χ2v) is 11.3. The van der Waals surface area contributed by atoms with Crippen molar-refractivity contribution in [3.8, 4) is 0 Å². The molecule has 0 spiro atoms. The minimum absolute atomic E-state index is 0.0636. The summed E-state index contributed by atoms with van der Waals surface area (Å²) in [7, 11) is -2.95. The first-order chi connectivity index (χ1) is 8.20. The quantitative estimate of drug-likeness (QED) is 0.700. The summed E-state index contributed by atoms with van der Waals surface area (Å²) < 4.78 is 6.15. The van der Waals surface area contributed by atoms with Gasteiger partial charge in [-0.25, -0.2) is 0 Å². The van der Waals surface area contributed by atoms with E-state index in [1.807, 2.05) is 0 Å². The summed E-state index contributed by atoms with van der Waals surface area (Å²) in [6, 6.07) is 0. The molecular formula is C13H29BO3Si. The van der Waals surface area contributed by atoms with Crippen molar-refractivity contribution in [2.24, 2.45) is 0 Å². The van der Waals surface area contributed by atoms with Gasteiger partial charge in [-0.2, -0.15) is 0 Å². The molecule has 0 saturated heterocycles. The van der Waals surface area contributed by atoms with E-state index in [9.17, 15) is 5.02 Å². The Morgan fingerprint density at radius 1 is 1.11 bits per heavy atom. The van der Waals surface area contributed by atoms with E-state index in [-0.39, 0.29) is 6.61 Å². The van der Waals surface area contributed by atoms with Gasteiger partial charge in [0.05, 0.1) is 6.61 Å². The Bertz CT molecular complexity index is 256. The van der Waals surface area contributed by atoms with Crippen LogP contribution in [0.3, 0.4) is 0 Å². The van der Waals surface area contributed by atoms with Crippen molar-refractivity contribution in [2.45, 2.75) is 65.1 Å². The Morgan fingerprint density at radius 3 is 1.78 bits per heavy atom. The molecule has 0 aliphatic carbocycles. The van der Waals surface area contributed by atoms with E-state index >= 15 is 0 Å². The molecule has 0 aromatic carbocycles. The monoisotopic (exact) mass is 272 g/mol. The van der Waals surface area contributed by atoms with E-state index in [0.29, 0.717) is 22.1 Å². The lowest BCUT2D eigenvalue weighted by molar-refractivity contribution is 0.340. The average molecular weight is 272 g/mol. The first-order valence-corrected chi connectivity index (χ1v) is 8.97. The van der Waals surface area contributed by atoms with Crippen LogP contribution in [-0.4, -0.2) is 32.2 Å². The van der Waals surface area contributed by atoms with Crippen LogP contribution in [0.25, 0.3) is 0 Å². The van der Waals surface area contributed by atoms with Crippen molar-refractivity contribution in [1.82, 2.24) is 0 Å². The predicted molar refractivity (Wildman–Crippen MR) is 80.9 cm³/mol. The van der Waals surface area contributed by atoms with Gasteiger partial charge in [-0.1, -0.05) is 47.6 Å². The zero-order chi connectivity index (χ0) is 14.5. The maximum Gasteiger partial charge on any atom is 0.475 e. The maximum absolute atomic E-state index is 10.2. The highest BCUT2D eigenvalue weighted by Gasteiger charge is 2.47. The van der Waals surface area contributed by atoms with Crippen LogP contribution >= 0.6 is 0 Å². The lowest BCUT2D eigenvalue weighted by Gasteiger charge is -2.43. The van der Waals surface area contributed by atoms with Gasteiger partial charge in [0.2, 0.25) is 0 Å². The maximum atomic E-state index is 10.2. The molecule has 0 aliphatic heterocycles. The van der Waals surface area contributed by atoms with Crippen LogP contribution in [0.2, 0.25) is 16.6 Å². The minimum atomic E-state index is -2.05. The third-order valence-corrected chi connectivity index (χ3v) is 9.87. The van der Waals surface area contributed by atoms with Gasteiger partial charge >= 0.3 is 7.12 Å². The number of aliphatic hydroxyl groups is 1. The van der Waals surface area contributed by atoms with E-state index in [4.69, 9.17) is 9.45 Å². The third-order valence-electron chi connectivity index (χ3n) is 3.83. The first-order valence-electron chi connectivity index (χ1n) is 6.83. The Labute approximate surface area is 114 Å². The standard InChI is InChI=1S/C13H29BO3Si/c1-10(2)18(11(3)4,12(5)6)17-14(16)13(7)8-9-15/h8,10-12,15-16H,9H2,1-7H3. The van der Waals surface area contributed by atoms with Gasteiger partial charge in [0, 0.05) is 0 Å². The van der Waals surface area contributed by atoms with Crippen LogP contribution in [0.1, 0.15) is 48.5 Å². The smallest absolute Gasteiger partial charge is 0.449 e. The van der Waals surface area contributed by atoms with Crippen molar-refractivity contribution >= 4 is 15.4 Å². The molecule has 0 fully saturated rings. The molecule has 5 heteroatoms. The highest BCUT2D eigenvalue weighted by Crippen LogP contribution is 2.42. The molecule has 0 amide bonds. The summed E-state index contributed by atoms with van der Waals surface area (Å²) >= 11 is 0. The fraction of sp³-hybridized carbons (Fsp3) is 0.846. The van der Waals surface area contributed by atoms with Crippen LogP contribution < -0.4 is 0 Å². The SMILES string of the molecule is CC(=CCO)B(O)O[Si](C(C)C)(C(C)C)C(C)C. The summed E-state index contributed by atoms with van der Waals surface area (Å²) in [5.74, 6) is 0. The average Bonchev–Trinajstić information content (AvgIpc) is 2.24. The van der Waals surface area contributed by atoms with Crippen LogP contribution in [-0.2, 0) is 4.34 Å². The Kier molecular flexibility index (Phi) is 7.44. The van der Waals surface area contributed by atoms with Crippen molar-refractivity contribution in [3.63, 3.8) is 0 Å². The summed E-state index contributed by atoms with van der Waals surface area (Å²) in [5, 5.41) is 19.0. The molecule has 2 N–H and O–H groups in total. The van der Waals surface area contributed by atoms with Gasteiger partial charge in [0.15, 0.2) is 8.32 Å². The van der Waals surface area contributed by atoms with E-state index in [1.54, 1.807) is 13.0 Å². The van der Waals surface area contributed by atoms with Gasteiger partial charge in [-0.05, 0) is 29.0 Å². The second kappa shape index (κ2) is 7.48. The third kappa shape index (κ3) is 3.95. The minimum Gasteiger partial charge on any atom is -0.449 e. The van der Waals surface area contributed by atoms with Gasteiger partial charge in [0.25, 0.3) is 0 Å². The molecule has 0 aliphatic rings. The second-order valence-electron chi connectivity index (χ2n) is 5.92. The van der Waals surface area contributed by atoms with E-state index in [2.05, 4.69) is 41.5 Å². The van der Waals surface area contributed by atoms with E-state index in [0.717, 1.165) is 0 Å². The molecule has 3 nitrogen and oxygen atoms in total. The van der Waals surface area contributed by atoms with Crippen molar-refractivity contribution in [1.29, 1.82) is 0 Å². The van der Waals surface area contributed by atoms with Gasteiger partial charge in [-0.3, -0.25) is 0 Å².